The molecule has 1 N–H and O–H groups in total. The molecular weight excluding hydrogens is 442 g/mol. The lowest BCUT2D eigenvalue weighted by molar-refractivity contribution is -0.128. The number of morpholine rings is 1. The second-order valence-electron chi connectivity index (χ2n) is 9.07. The Bertz CT molecular complexity index is 1100. The average molecular weight is 470 g/mol. The molecule has 2 saturated heterocycles. The number of imidazole rings is 1. The number of hydrogen-bond donors (Lipinski definition) is 1. The number of amides is 2. The Morgan fingerprint density at radius 2 is 2.12 bits per heavy atom. The minimum atomic E-state index is -0.272. The molecule has 3 aliphatic rings. The largest absolute Gasteiger partial charge is 0.375 e. The third-order valence-corrected chi connectivity index (χ3v) is 7.11. The maximum Gasteiger partial charge on any atom is 0.273 e. The second kappa shape index (κ2) is 8.93. The van der Waals surface area contributed by atoms with E-state index < -0.39 is 0 Å². The van der Waals surface area contributed by atoms with Crippen LogP contribution in [-0.4, -0.2) is 69.0 Å². The molecule has 174 valence electrons. The molecule has 4 atom stereocenters. The van der Waals surface area contributed by atoms with Crippen molar-refractivity contribution >= 4 is 29.1 Å². The summed E-state index contributed by atoms with van der Waals surface area (Å²) in [5, 5.41) is 3.33. The first-order valence-electron chi connectivity index (χ1n) is 11.4. The number of carbonyl (C=O) groups is 2. The number of carbonyl (C=O) groups excluding carboxylic acids is 2. The van der Waals surface area contributed by atoms with Crippen molar-refractivity contribution in [2.75, 3.05) is 25.0 Å². The van der Waals surface area contributed by atoms with Crippen LogP contribution in [0, 0.1) is 0 Å². The predicted octanol–water partition coefficient (Wildman–Crippen LogP) is 3.11. The van der Waals surface area contributed by atoms with Crippen molar-refractivity contribution in [2.45, 2.75) is 51.0 Å². The topological polar surface area (TPSA) is 79.7 Å². The van der Waals surface area contributed by atoms with E-state index in [9.17, 15) is 9.59 Å². The van der Waals surface area contributed by atoms with E-state index in [1.165, 1.54) is 0 Å². The number of benzene rings is 1. The molecule has 8 nitrogen and oxygen atoms in total. The van der Waals surface area contributed by atoms with Gasteiger partial charge in [-0.2, -0.15) is 0 Å². The summed E-state index contributed by atoms with van der Waals surface area (Å²) in [6.45, 7) is 6.71. The summed E-state index contributed by atoms with van der Waals surface area (Å²) in [6.07, 6.45) is 6.65. The van der Waals surface area contributed by atoms with E-state index in [0.29, 0.717) is 47.5 Å². The van der Waals surface area contributed by atoms with Crippen molar-refractivity contribution in [3.63, 3.8) is 0 Å². The molecule has 33 heavy (non-hydrogen) atoms. The summed E-state index contributed by atoms with van der Waals surface area (Å²) in [5.41, 5.74) is 1.01. The maximum atomic E-state index is 12.9. The van der Waals surface area contributed by atoms with Gasteiger partial charge in [0.15, 0.2) is 0 Å². The van der Waals surface area contributed by atoms with Gasteiger partial charge in [0.25, 0.3) is 5.91 Å². The Labute approximate surface area is 198 Å². The van der Waals surface area contributed by atoms with Gasteiger partial charge in [0, 0.05) is 31.2 Å². The van der Waals surface area contributed by atoms with Crippen molar-refractivity contribution < 1.29 is 14.3 Å². The van der Waals surface area contributed by atoms with Crippen LogP contribution in [-0.2, 0) is 16.1 Å². The molecule has 2 bridgehead atoms. The molecule has 2 unspecified atom stereocenters. The summed E-state index contributed by atoms with van der Waals surface area (Å²) in [6, 6.07) is 7.68. The fourth-order valence-corrected chi connectivity index (χ4v) is 5.28. The number of likely N-dealkylation sites (tertiary alicyclic amines) is 1. The zero-order valence-electron chi connectivity index (χ0n) is 18.8. The first kappa shape index (κ1) is 22.1. The number of halogens is 1. The van der Waals surface area contributed by atoms with E-state index in [0.717, 1.165) is 19.6 Å². The number of anilines is 1. The lowest BCUT2D eigenvalue weighted by Gasteiger charge is -2.33. The van der Waals surface area contributed by atoms with E-state index in [-0.39, 0.29) is 23.9 Å². The van der Waals surface area contributed by atoms with Crippen molar-refractivity contribution in [1.29, 1.82) is 0 Å². The number of rotatable bonds is 5. The van der Waals surface area contributed by atoms with Gasteiger partial charge in [0.05, 0.1) is 42.2 Å². The monoisotopic (exact) mass is 469 g/mol. The standard InChI is InChI=1S/C24H28ClN5O3/c1-15(29-12-18-9-17(29)14-33-18)7-8-23(31)28-11-16(2)30-21(10-26-22(30)13-28)24(32)27-20-6-4-3-5-19(20)25/h3-8,10,15-18H,9,11-14H2,1-2H3,(H,27,32)/b8-7+/t15-,16+,17?,18?/m0/s1. The van der Waals surface area contributed by atoms with E-state index in [1.54, 1.807) is 29.3 Å². The minimum Gasteiger partial charge on any atom is -0.375 e. The number of aromatic nitrogens is 2. The smallest absolute Gasteiger partial charge is 0.273 e. The van der Waals surface area contributed by atoms with Gasteiger partial charge in [0.2, 0.25) is 5.91 Å². The van der Waals surface area contributed by atoms with Crippen LogP contribution in [0.5, 0.6) is 0 Å². The zero-order valence-corrected chi connectivity index (χ0v) is 19.5. The van der Waals surface area contributed by atoms with Crippen molar-refractivity contribution in [2.24, 2.45) is 0 Å². The third kappa shape index (κ3) is 4.30. The summed E-state index contributed by atoms with van der Waals surface area (Å²) < 4.78 is 7.58. The lowest BCUT2D eigenvalue weighted by atomic mass is 10.2. The quantitative estimate of drug-likeness (QED) is 0.680. The summed E-state index contributed by atoms with van der Waals surface area (Å²) in [7, 11) is 0. The molecule has 0 saturated carbocycles. The normalized spacial score (nSPS) is 25.4. The SMILES string of the molecule is C[C@@H]1CN(C(=O)/C=C/[C@H](C)N2CC3CC2CO3)Cc2ncc(C(=O)Nc3ccccc3Cl)n21. The summed E-state index contributed by atoms with van der Waals surface area (Å²) >= 11 is 6.17. The molecule has 0 aliphatic carbocycles. The van der Waals surface area contributed by atoms with Crippen molar-refractivity contribution in [3.8, 4) is 0 Å². The fraction of sp³-hybridized carbons (Fsp3) is 0.458. The molecule has 0 spiro atoms. The Balaban J connectivity index is 1.25. The highest BCUT2D eigenvalue weighted by Gasteiger charge is 2.40. The average Bonchev–Trinajstić information content (AvgIpc) is 3.54. The first-order valence-corrected chi connectivity index (χ1v) is 11.7. The van der Waals surface area contributed by atoms with Crippen LogP contribution in [0.1, 0.15) is 42.6 Å². The minimum absolute atomic E-state index is 0.0365. The van der Waals surface area contributed by atoms with E-state index >= 15 is 0 Å². The van der Waals surface area contributed by atoms with Crippen LogP contribution in [0.3, 0.4) is 0 Å². The molecule has 2 aromatic rings. The Morgan fingerprint density at radius 1 is 1.30 bits per heavy atom. The van der Waals surface area contributed by atoms with Gasteiger partial charge >= 0.3 is 0 Å². The van der Waals surface area contributed by atoms with Crippen LogP contribution in [0.4, 0.5) is 5.69 Å². The Morgan fingerprint density at radius 3 is 2.85 bits per heavy atom. The highest BCUT2D eigenvalue weighted by Crippen LogP contribution is 2.30. The molecule has 9 heteroatoms. The van der Waals surface area contributed by atoms with Gasteiger partial charge < -0.3 is 19.5 Å². The molecule has 3 aliphatic heterocycles. The molecule has 5 rings (SSSR count). The summed E-state index contributed by atoms with van der Waals surface area (Å²) in [5.74, 6) is 0.388. The number of nitrogens with one attached hydrogen (secondary N) is 1. The highest BCUT2D eigenvalue weighted by molar-refractivity contribution is 6.33. The van der Waals surface area contributed by atoms with Crippen LogP contribution in [0.25, 0.3) is 0 Å². The fourth-order valence-electron chi connectivity index (χ4n) is 5.09. The van der Waals surface area contributed by atoms with Crippen molar-refractivity contribution in [3.05, 3.63) is 59.2 Å². The number of ether oxygens (including phenoxy) is 1. The van der Waals surface area contributed by atoms with Gasteiger partial charge in [-0.05, 0) is 32.4 Å². The van der Waals surface area contributed by atoms with Crippen LogP contribution < -0.4 is 5.32 Å². The van der Waals surface area contributed by atoms with E-state index in [2.05, 4.69) is 22.1 Å². The van der Waals surface area contributed by atoms with Gasteiger partial charge in [-0.3, -0.25) is 14.5 Å². The van der Waals surface area contributed by atoms with Gasteiger partial charge in [0.1, 0.15) is 11.5 Å². The first-order chi connectivity index (χ1) is 15.9. The number of hydrogen-bond acceptors (Lipinski definition) is 5. The third-order valence-electron chi connectivity index (χ3n) is 6.78. The number of fused-ring (bicyclic) bond motifs is 3. The maximum absolute atomic E-state index is 12.9. The van der Waals surface area contributed by atoms with Gasteiger partial charge in [-0.15, -0.1) is 0 Å². The molecule has 1 aromatic carbocycles. The van der Waals surface area contributed by atoms with Gasteiger partial charge in [-0.25, -0.2) is 4.98 Å². The predicted molar refractivity (Wildman–Crippen MR) is 125 cm³/mol. The zero-order chi connectivity index (χ0) is 23.1. The Hall–Kier alpha value is -2.68. The van der Waals surface area contributed by atoms with Crippen LogP contribution >= 0.6 is 11.6 Å². The highest BCUT2D eigenvalue weighted by atomic mass is 35.5. The number of para-hydroxylation sites is 1. The molecular formula is C24H28ClN5O3. The summed E-state index contributed by atoms with van der Waals surface area (Å²) in [4.78, 5) is 34.4. The number of nitrogens with zero attached hydrogens (tertiary/aromatic N) is 4. The Kier molecular flexibility index (Phi) is 5.99. The molecule has 4 heterocycles. The van der Waals surface area contributed by atoms with E-state index in [1.807, 2.05) is 29.7 Å². The molecule has 2 amide bonds. The van der Waals surface area contributed by atoms with E-state index in [4.69, 9.17) is 16.3 Å². The van der Waals surface area contributed by atoms with Crippen LogP contribution in [0.15, 0.2) is 42.6 Å². The van der Waals surface area contributed by atoms with Crippen molar-refractivity contribution in [1.82, 2.24) is 19.4 Å². The second-order valence-corrected chi connectivity index (χ2v) is 9.48. The van der Waals surface area contributed by atoms with Crippen LogP contribution in [0.2, 0.25) is 5.02 Å². The lowest BCUT2D eigenvalue weighted by Crippen LogP contribution is -2.43. The molecule has 0 radical (unpaired) electrons. The molecule has 2 fully saturated rings. The van der Waals surface area contributed by atoms with Gasteiger partial charge in [-0.1, -0.05) is 29.8 Å². The molecule has 1 aromatic heterocycles.